The predicted molar refractivity (Wildman–Crippen MR) is 95.5 cm³/mol. The van der Waals surface area contributed by atoms with Gasteiger partial charge in [-0.25, -0.2) is 9.78 Å². The summed E-state index contributed by atoms with van der Waals surface area (Å²) in [6, 6.07) is 10.0. The number of carboxylic acid groups (broad SMARTS) is 1. The molecule has 0 aliphatic carbocycles. The van der Waals surface area contributed by atoms with Crippen LogP contribution in [0.25, 0.3) is 10.4 Å². The maximum absolute atomic E-state index is 12.2. The van der Waals surface area contributed by atoms with Gasteiger partial charge in [-0.3, -0.25) is 5.32 Å². The Labute approximate surface area is 163 Å². The van der Waals surface area contributed by atoms with Crippen LogP contribution in [0.15, 0.2) is 36.5 Å². The van der Waals surface area contributed by atoms with Gasteiger partial charge in [0.05, 0.1) is 24.5 Å². The molecule has 0 bridgehead atoms. The average Bonchev–Trinajstić information content (AvgIpc) is 2.94. The highest BCUT2D eigenvalue weighted by Crippen LogP contribution is 2.28. The molecule has 1 aliphatic rings. The Morgan fingerprint density at radius 2 is 1.86 bits per heavy atom. The maximum atomic E-state index is 12.2. The van der Waals surface area contributed by atoms with Crippen molar-refractivity contribution in [2.24, 2.45) is 0 Å². The summed E-state index contributed by atoms with van der Waals surface area (Å²) in [5, 5.41) is 14.6. The Bertz CT molecular complexity index is 775. The summed E-state index contributed by atoms with van der Waals surface area (Å²) >= 11 is 1.51. The Morgan fingerprint density at radius 1 is 1.18 bits per heavy atom. The number of rotatable bonds is 2. The van der Waals surface area contributed by atoms with Crippen LogP contribution in [-0.4, -0.2) is 54.2 Å². The summed E-state index contributed by atoms with van der Waals surface area (Å²) in [6.07, 6.45) is -2.34. The number of carboxylic acids is 1. The number of aliphatic carboxylic acids is 1. The predicted octanol–water partition coefficient (Wildman–Crippen LogP) is 0.910. The van der Waals surface area contributed by atoms with Gasteiger partial charge in [-0.2, -0.15) is 13.2 Å². The van der Waals surface area contributed by atoms with Crippen LogP contribution in [0.2, 0.25) is 0 Å². The van der Waals surface area contributed by atoms with Crippen LogP contribution in [-0.2, 0) is 4.79 Å². The monoisotopic (exact) mass is 416 g/mol. The summed E-state index contributed by atoms with van der Waals surface area (Å²) in [6.45, 7) is 3.68. The molecule has 0 spiro atoms. The molecule has 1 fully saturated rings. The van der Waals surface area contributed by atoms with Crippen molar-refractivity contribution in [3.8, 4) is 10.4 Å². The zero-order valence-corrected chi connectivity index (χ0v) is 15.6. The van der Waals surface area contributed by atoms with Gasteiger partial charge >= 0.3 is 12.2 Å². The van der Waals surface area contributed by atoms with Gasteiger partial charge in [-0.05, 0) is 5.56 Å². The first-order valence-electron chi connectivity index (χ1n) is 8.44. The van der Waals surface area contributed by atoms with Gasteiger partial charge in [-0.15, -0.1) is 0 Å². The minimum absolute atomic E-state index is 0.0424. The van der Waals surface area contributed by atoms with Gasteiger partial charge in [0.15, 0.2) is 5.13 Å². The number of amides is 2. The molecule has 1 aliphatic heterocycles. The van der Waals surface area contributed by atoms with Crippen molar-refractivity contribution in [2.45, 2.75) is 12.6 Å². The molecule has 1 aromatic carbocycles. The van der Waals surface area contributed by atoms with Crippen molar-refractivity contribution in [3.05, 3.63) is 36.5 Å². The summed E-state index contributed by atoms with van der Waals surface area (Å²) in [5.74, 6) is -3.01. The number of nitrogens with zero attached hydrogens (tertiary/aromatic N) is 2. The standard InChI is InChI=1S/C15H18N4OS.C2HF3O2/c20-15(19-9-4-7-16-8-10-19)18-14-17-11-13(21-14)12-5-2-1-3-6-12;3-2(4,5)1(6)7/h1-3,5-6,11,16H,4,7-10H2,(H,17,18,20);(H,6,7). The highest BCUT2D eigenvalue weighted by Gasteiger charge is 2.28. The van der Waals surface area contributed by atoms with E-state index in [4.69, 9.17) is 9.90 Å². The lowest BCUT2D eigenvalue weighted by molar-refractivity contribution is -0.651. The number of aromatic nitrogens is 1. The van der Waals surface area contributed by atoms with Gasteiger partial charge in [0.25, 0.3) is 0 Å². The van der Waals surface area contributed by atoms with E-state index in [-0.39, 0.29) is 6.03 Å². The fourth-order valence-electron chi connectivity index (χ4n) is 2.37. The molecule has 11 heteroatoms. The van der Waals surface area contributed by atoms with Crippen LogP contribution in [0.1, 0.15) is 6.42 Å². The molecule has 2 aromatic rings. The lowest BCUT2D eigenvalue weighted by atomic mass is 10.2. The van der Waals surface area contributed by atoms with E-state index in [0.717, 1.165) is 43.0 Å². The van der Waals surface area contributed by atoms with E-state index in [0.29, 0.717) is 5.13 Å². The van der Waals surface area contributed by atoms with Crippen molar-refractivity contribution >= 4 is 28.5 Å². The van der Waals surface area contributed by atoms with Crippen molar-refractivity contribution in [1.82, 2.24) is 9.88 Å². The van der Waals surface area contributed by atoms with Crippen LogP contribution in [0.4, 0.5) is 23.1 Å². The summed E-state index contributed by atoms with van der Waals surface area (Å²) in [5.41, 5.74) is 1.12. The zero-order valence-electron chi connectivity index (χ0n) is 14.7. The molecule has 152 valence electrons. The van der Waals surface area contributed by atoms with Crippen molar-refractivity contribution in [2.75, 3.05) is 31.5 Å². The number of carbonyl (C=O) groups is 2. The van der Waals surface area contributed by atoms with E-state index in [1.54, 1.807) is 0 Å². The van der Waals surface area contributed by atoms with Gasteiger partial charge in [0.1, 0.15) is 5.97 Å². The smallest absolute Gasteiger partial charge is 0.430 e. The average molecular weight is 416 g/mol. The number of urea groups is 1. The summed E-state index contributed by atoms with van der Waals surface area (Å²) in [7, 11) is 0. The van der Waals surface area contributed by atoms with Crippen molar-refractivity contribution in [3.63, 3.8) is 0 Å². The lowest BCUT2D eigenvalue weighted by Crippen LogP contribution is -2.84. The van der Waals surface area contributed by atoms with E-state index in [9.17, 15) is 18.0 Å². The first-order chi connectivity index (χ1) is 13.3. The number of carbonyl (C=O) groups excluding carboxylic acids is 2. The van der Waals surface area contributed by atoms with E-state index in [1.807, 2.05) is 41.4 Å². The number of anilines is 1. The fourth-order valence-corrected chi connectivity index (χ4v) is 3.18. The molecule has 2 heterocycles. The van der Waals surface area contributed by atoms with Crippen molar-refractivity contribution < 1.29 is 33.2 Å². The van der Waals surface area contributed by atoms with Crippen LogP contribution in [0.3, 0.4) is 0 Å². The Morgan fingerprint density at radius 3 is 2.50 bits per heavy atom. The van der Waals surface area contributed by atoms with Crippen LogP contribution in [0, 0.1) is 0 Å². The highest BCUT2D eigenvalue weighted by molar-refractivity contribution is 7.19. The van der Waals surface area contributed by atoms with E-state index in [1.165, 1.54) is 11.3 Å². The number of alkyl halides is 3. The quantitative estimate of drug-likeness (QED) is 0.760. The maximum Gasteiger partial charge on any atom is 0.430 e. The van der Waals surface area contributed by atoms with Gasteiger partial charge in [0.2, 0.25) is 0 Å². The van der Waals surface area contributed by atoms with Gasteiger partial charge in [0, 0.05) is 19.2 Å². The fraction of sp³-hybridized carbons (Fsp3) is 0.353. The third kappa shape index (κ3) is 6.82. The lowest BCUT2D eigenvalue weighted by Gasteiger charge is -2.18. The Hall–Kier alpha value is -2.66. The highest BCUT2D eigenvalue weighted by atomic mass is 32.1. The van der Waals surface area contributed by atoms with E-state index < -0.39 is 12.1 Å². The Kier molecular flexibility index (Phi) is 7.76. The second-order valence-electron chi connectivity index (χ2n) is 5.82. The SMILES string of the molecule is O=C(Nc1ncc(-c2ccccc2)s1)N1CCC[NH2+]CC1.O=C([O-])C(F)(F)F. The number of thiazole rings is 1. The minimum Gasteiger partial charge on any atom is -0.542 e. The minimum atomic E-state index is -5.19. The van der Waals surface area contributed by atoms with Crippen LogP contribution in [0.5, 0.6) is 0 Å². The van der Waals surface area contributed by atoms with Crippen molar-refractivity contribution in [1.29, 1.82) is 0 Å². The number of nitrogens with one attached hydrogen (secondary N) is 1. The first-order valence-corrected chi connectivity index (χ1v) is 9.26. The largest absolute Gasteiger partial charge is 0.542 e. The second-order valence-corrected chi connectivity index (χ2v) is 6.85. The number of quaternary nitrogens is 1. The first kappa shape index (κ1) is 21.6. The number of hydrogen-bond acceptors (Lipinski definition) is 5. The Balaban J connectivity index is 0.000000345. The molecule has 1 saturated heterocycles. The topological polar surface area (TPSA) is 102 Å². The molecule has 7 nitrogen and oxygen atoms in total. The molecule has 28 heavy (non-hydrogen) atoms. The third-order valence-corrected chi connectivity index (χ3v) is 4.70. The molecular weight excluding hydrogens is 397 g/mol. The molecule has 0 atom stereocenters. The zero-order chi connectivity index (χ0) is 20.6. The molecule has 3 N–H and O–H groups in total. The third-order valence-electron chi connectivity index (χ3n) is 3.74. The van der Waals surface area contributed by atoms with Gasteiger partial charge in [-0.1, -0.05) is 41.7 Å². The van der Waals surface area contributed by atoms with E-state index in [2.05, 4.69) is 15.6 Å². The molecule has 1 aromatic heterocycles. The molecule has 0 radical (unpaired) electrons. The van der Waals surface area contributed by atoms with Crippen LogP contribution < -0.4 is 15.7 Å². The molecule has 2 amide bonds. The molecule has 0 unspecified atom stereocenters. The number of halogens is 3. The summed E-state index contributed by atoms with van der Waals surface area (Å²) < 4.78 is 31.5. The number of benzene rings is 1. The normalized spacial score (nSPS) is 14.5. The number of nitrogens with two attached hydrogens (primary N) is 1. The molecule has 0 saturated carbocycles. The van der Waals surface area contributed by atoms with Gasteiger partial charge < -0.3 is 20.1 Å². The van der Waals surface area contributed by atoms with E-state index >= 15 is 0 Å². The van der Waals surface area contributed by atoms with Crippen LogP contribution >= 0.6 is 11.3 Å². The molecular formula is C17H19F3N4O3S. The molecule has 3 rings (SSSR count). The summed E-state index contributed by atoms with van der Waals surface area (Å²) in [4.78, 5) is 28.3. The second kappa shape index (κ2) is 10.0. The number of hydrogen-bond donors (Lipinski definition) is 2.